The zero-order chi connectivity index (χ0) is 68.8. The Morgan fingerprint density at radius 3 is 1.13 bits per heavy atom. The average Bonchev–Trinajstić information content (AvgIpc) is 0.737. The van der Waals surface area contributed by atoms with Crippen LogP contribution in [0.25, 0.3) is 32.7 Å². The minimum absolute atomic E-state index is 0.0581. The standard InChI is InChI=1S/C24H14BrINO2.2C17H14IO3.2F6P.6FH.Sb/c25-21-14-13-20-22-18(21)7-4-8-19(22)23(28)27(24(20)29)17-11-9-16(10-12-17)26-15-5-2-1-3-6-15;2*1-11-14-8-7-12(10-19)9-15(14)21-17(20)16(11)18-13-5-3-2-4-6-13;2*1-7(2,3,4,5)6;;;;;;;/h1-14H;2*2-9,19H,10H2,1H3;;;6*1H;/q3*+1;2*-1;;;;;;;+5/p-6. The van der Waals surface area contributed by atoms with Crippen molar-refractivity contribution < 1.29 is 159 Å². The fourth-order valence-corrected chi connectivity index (χ4v) is 15.4. The van der Waals surface area contributed by atoms with Crippen molar-refractivity contribution >= 4 is 101 Å². The molecule has 2 N–H and O–H groups in total. The minimum atomic E-state index is -11.2. The fraction of sp³-hybridized carbons (Fsp3) is 0.0690. The van der Waals surface area contributed by atoms with Crippen molar-refractivity contribution in [2.24, 2.45) is 0 Å². The van der Waals surface area contributed by atoms with E-state index >= 15 is 0 Å². The zero-order valence-electron chi connectivity index (χ0n) is 46.2. The first-order chi connectivity index (χ1) is 41.9. The van der Waals surface area contributed by atoms with Crippen molar-refractivity contribution in [2.75, 3.05) is 4.90 Å². The van der Waals surface area contributed by atoms with Crippen molar-refractivity contribution in [3.05, 3.63) is 262 Å². The van der Waals surface area contributed by atoms with Crippen molar-refractivity contribution in [1.29, 1.82) is 0 Å². The van der Waals surface area contributed by atoms with Crippen molar-refractivity contribution in [1.82, 2.24) is 0 Å². The van der Waals surface area contributed by atoms with Crippen molar-refractivity contribution in [3.63, 3.8) is 0 Å². The van der Waals surface area contributed by atoms with E-state index in [4.69, 9.17) is 8.83 Å². The van der Waals surface area contributed by atoms with E-state index in [-0.39, 0.29) is 57.5 Å². The Morgan fingerprint density at radius 1 is 0.435 bits per heavy atom. The number of aliphatic hydroxyl groups is 2. The summed E-state index contributed by atoms with van der Waals surface area (Å²) in [5, 5.41) is 21.8. The summed E-state index contributed by atoms with van der Waals surface area (Å²) in [5.74, 6) is -0.562. The van der Waals surface area contributed by atoms with Crippen LogP contribution in [0, 0.1) is 35.3 Å². The number of aliphatic hydroxyl groups excluding tert-OH is 2. The number of fused-ring (bicyclic) bond motifs is 2. The van der Waals surface area contributed by atoms with Gasteiger partial charge in [0, 0.05) is 42.9 Å². The second kappa shape index (κ2) is 26.7. The number of amides is 2. The van der Waals surface area contributed by atoms with Gasteiger partial charge in [0.15, 0.2) is 14.3 Å². The molecule has 11 rings (SSSR count). The summed E-state index contributed by atoms with van der Waals surface area (Å²) in [4.78, 5) is 52.2. The van der Waals surface area contributed by atoms with Crippen LogP contribution in [0.3, 0.4) is 0 Å². The average molecular weight is 1870 g/mol. The van der Waals surface area contributed by atoms with Crippen LogP contribution in [0.1, 0.15) is 43.0 Å². The number of halogens is 22. The van der Waals surface area contributed by atoms with Gasteiger partial charge in [-0.2, -0.15) is 0 Å². The van der Waals surface area contributed by atoms with E-state index in [2.05, 4.69) is 28.1 Å². The van der Waals surface area contributed by atoms with Gasteiger partial charge in [0.2, 0.25) is 0 Å². The van der Waals surface area contributed by atoms with Gasteiger partial charge in [-0.05, 0) is 121 Å². The van der Waals surface area contributed by atoms with E-state index in [1.165, 1.54) is 19.2 Å². The molecule has 2 aromatic heterocycles. The number of aryl methyl sites for hydroxylation is 2. The summed E-state index contributed by atoms with van der Waals surface area (Å²) in [7, 11) is -21.3. The molecule has 10 aromatic rings. The summed E-state index contributed by atoms with van der Waals surface area (Å²) in [6.07, 6.45) is 0. The molecule has 2 amide bonds. The molecule has 1 aliphatic heterocycles. The van der Waals surface area contributed by atoms with Crippen LogP contribution >= 0.6 is 31.5 Å². The normalized spacial score (nSPS) is 14.4. The topological polar surface area (TPSA) is 138 Å². The molecule has 8 aromatic carbocycles. The van der Waals surface area contributed by atoms with Gasteiger partial charge >= 0.3 is 177 Å². The molecular weight excluding hydrogens is 1820 g/mol. The molecule has 0 radical (unpaired) electrons. The second-order valence-electron chi connectivity index (χ2n) is 18.9. The summed E-state index contributed by atoms with van der Waals surface area (Å²) in [5.41, 5.74) is 5.76. The van der Waals surface area contributed by atoms with Gasteiger partial charge in [-0.3, -0.25) is 9.59 Å². The molecular formula is C58H42BrF18I3NO8P2Sb. The quantitative estimate of drug-likeness (QED) is 0.0364. The van der Waals surface area contributed by atoms with Crippen LogP contribution in [0.4, 0.5) is 72.9 Å². The Labute approximate surface area is 549 Å². The molecule has 0 aliphatic carbocycles. The molecule has 496 valence electrons. The summed E-state index contributed by atoms with van der Waals surface area (Å²) in [6, 6.07) is 58.5. The predicted octanol–water partition coefficient (Wildman–Crippen LogP) is 10.9. The Kier molecular flexibility index (Phi) is 21.9. The van der Waals surface area contributed by atoms with Gasteiger partial charge < -0.3 is 19.0 Å². The molecule has 0 bridgehead atoms. The number of anilines is 1. The number of hydrogen-bond donors (Lipinski definition) is 2. The third-order valence-electron chi connectivity index (χ3n) is 11.5. The molecule has 92 heavy (non-hydrogen) atoms. The summed E-state index contributed by atoms with van der Waals surface area (Å²) < 4.78 is 196. The molecule has 34 heteroatoms. The van der Waals surface area contributed by atoms with Gasteiger partial charge in [0.25, 0.3) is 19.0 Å². The first kappa shape index (κ1) is 75.6. The third-order valence-corrected chi connectivity index (χ3v) is 21.1. The van der Waals surface area contributed by atoms with Gasteiger partial charge in [-0.15, -0.1) is 0 Å². The zero-order valence-corrected chi connectivity index (χ0v) is 58.6. The SMILES string of the molecule is Cc1c([I+]c2ccccc2)c(=O)oc2cc(CO)ccc12.Cc1c([I+]c2ccccc2)c(=O)oc2cc(CO)ccc12.F[P-](F)(F)(F)(F)F.F[P-](F)(F)(F)(F)F.O=C1c2cccc3c(Br)ccc(c23)C(=O)N1c1ccc([I+]c2ccccc2)cc1.[F][Sb-]([F])([F])([F])([F])[F]. The van der Waals surface area contributed by atoms with E-state index in [0.29, 0.717) is 28.0 Å². The number of benzene rings is 8. The number of nitrogens with zero attached hydrogens (tertiary/aromatic N) is 1. The number of carbonyl (C=O) groups is 2. The van der Waals surface area contributed by atoms with Gasteiger partial charge in [-0.1, -0.05) is 107 Å². The summed E-state index contributed by atoms with van der Waals surface area (Å²) in [6.45, 7) is 3.82. The van der Waals surface area contributed by atoms with Crippen molar-refractivity contribution in [2.45, 2.75) is 27.1 Å². The summed E-state index contributed by atoms with van der Waals surface area (Å²) >= 11 is -9.14. The van der Waals surface area contributed by atoms with Gasteiger partial charge in [0.1, 0.15) is 11.2 Å². The van der Waals surface area contributed by atoms with Crippen molar-refractivity contribution in [3.8, 4) is 0 Å². The van der Waals surface area contributed by atoms with Crippen LogP contribution in [-0.4, -0.2) is 41.5 Å². The molecule has 1 aliphatic rings. The van der Waals surface area contributed by atoms with Crippen LogP contribution in [0.5, 0.6) is 0 Å². The first-order valence-electron chi connectivity index (χ1n) is 25.2. The van der Waals surface area contributed by atoms with E-state index < -0.39 is 77.5 Å². The van der Waals surface area contributed by atoms with E-state index in [0.717, 1.165) is 55.4 Å². The number of rotatable bonds is 9. The second-order valence-corrected chi connectivity index (χ2v) is 37.8. The molecule has 0 saturated carbocycles. The molecule has 0 atom stereocenters. The van der Waals surface area contributed by atoms with Crippen LogP contribution in [0.2, 0.25) is 0 Å². The Bertz CT molecular complexity index is 4250. The Morgan fingerprint density at radius 2 is 0.772 bits per heavy atom. The Balaban J connectivity index is 0.000000192. The molecule has 9 nitrogen and oxygen atoms in total. The monoisotopic (exact) mass is 1860 g/mol. The van der Waals surface area contributed by atoms with Gasteiger partial charge in [0.05, 0.1) is 18.9 Å². The predicted molar refractivity (Wildman–Crippen MR) is 307 cm³/mol. The molecule has 0 unspecified atom stereocenters. The molecule has 3 heterocycles. The van der Waals surface area contributed by atoms with Crippen LogP contribution < -0.4 is 79.8 Å². The number of carbonyl (C=O) groups excluding carboxylic acids is 2. The Hall–Kier alpha value is -5.41. The molecule has 0 saturated heterocycles. The first-order valence-corrected chi connectivity index (χ1v) is 42.3. The van der Waals surface area contributed by atoms with E-state index in [1.807, 2.05) is 159 Å². The maximum absolute atomic E-state index is 13.2. The number of imide groups is 1. The fourth-order valence-electron chi connectivity index (χ4n) is 7.90. The van der Waals surface area contributed by atoms with Gasteiger partial charge in [-0.25, -0.2) is 14.5 Å². The third kappa shape index (κ3) is 26.4. The van der Waals surface area contributed by atoms with E-state index in [9.17, 15) is 96.6 Å². The van der Waals surface area contributed by atoms with Crippen LogP contribution in [-0.2, 0) is 13.2 Å². The maximum atomic E-state index is 13.2. The molecule has 0 fully saturated rings. The van der Waals surface area contributed by atoms with Crippen LogP contribution in [0.15, 0.2) is 205 Å². The number of hydrogen-bond acceptors (Lipinski definition) is 8. The van der Waals surface area contributed by atoms with E-state index in [1.54, 1.807) is 24.3 Å². The molecule has 0 spiro atoms.